The van der Waals surface area contributed by atoms with E-state index in [1.54, 1.807) is 19.4 Å². The smallest absolute Gasteiger partial charge is 0.263 e. The quantitative estimate of drug-likeness (QED) is 0.455. The zero-order valence-electron chi connectivity index (χ0n) is 19.0. The van der Waals surface area contributed by atoms with Crippen molar-refractivity contribution in [3.05, 3.63) is 47.8 Å². The van der Waals surface area contributed by atoms with Crippen LogP contribution in [0.1, 0.15) is 23.8 Å². The summed E-state index contributed by atoms with van der Waals surface area (Å²) >= 11 is 0. The summed E-state index contributed by atoms with van der Waals surface area (Å²) < 4.78 is 10.6. The van der Waals surface area contributed by atoms with Crippen molar-refractivity contribution < 1.29 is 19.4 Å². The van der Waals surface area contributed by atoms with Crippen molar-refractivity contribution in [1.82, 2.24) is 25.2 Å². The van der Waals surface area contributed by atoms with Crippen molar-refractivity contribution in [2.24, 2.45) is 5.92 Å². The summed E-state index contributed by atoms with van der Waals surface area (Å²) in [4.78, 5) is 27.1. The van der Waals surface area contributed by atoms with E-state index in [4.69, 9.17) is 9.47 Å². The molecule has 10 nitrogen and oxygen atoms in total. The van der Waals surface area contributed by atoms with Gasteiger partial charge < -0.3 is 30.1 Å². The second-order valence-electron chi connectivity index (χ2n) is 8.67. The molecule has 0 spiro atoms. The Labute approximate surface area is 197 Å². The Balaban J connectivity index is 1.13. The molecule has 2 aliphatic rings. The zero-order valence-corrected chi connectivity index (χ0v) is 19.0. The molecule has 0 radical (unpaired) electrons. The minimum Gasteiger partial charge on any atom is -0.481 e. The van der Waals surface area contributed by atoms with Crippen LogP contribution in [0.5, 0.6) is 11.6 Å². The lowest BCUT2D eigenvalue weighted by Gasteiger charge is -2.21. The molecule has 2 aliphatic heterocycles. The van der Waals surface area contributed by atoms with Gasteiger partial charge in [0.1, 0.15) is 0 Å². The number of methoxy groups -OCH3 is 1. The Morgan fingerprint density at radius 2 is 2.21 bits per heavy atom. The predicted octanol–water partition coefficient (Wildman–Crippen LogP) is 1.51. The van der Waals surface area contributed by atoms with Gasteiger partial charge in [-0.15, -0.1) is 0 Å². The van der Waals surface area contributed by atoms with Gasteiger partial charge in [-0.1, -0.05) is 0 Å². The Hall–Kier alpha value is -3.34. The normalized spacial score (nSPS) is 18.9. The lowest BCUT2D eigenvalue weighted by molar-refractivity contribution is -0.118. The van der Waals surface area contributed by atoms with E-state index in [2.05, 4.69) is 30.5 Å². The van der Waals surface area contributed by atoms with Crippen LogP contribution in [-0.4, -0.2) is 70.8 Å². The topological polar surface area (TPSA) is 122 Å². The highest BCUT2D eigenvalue weighted by Crippen LogP contribution is 2.27. The molecule has 0 bridgehead atoms. The molecule has 178 valence electrons. The van der Waals surface area contributed by atoms with Crippen LogP contribution in [-0.2, 0) is 11.3 Å². The average Bonchev–Trinajstić information content (AvgIpc) is 3.30. The number of nitrogens with one attached hydrogen (secondary N) is 2. The van der Waals surface area contributed by atoms with E-state index < -0.39 is 6.10 Å². The van der Waals surface area contributed by atoms with Crippen LogP contribution in [0, 0.1) is 5.92 Å². The van der Waals surface area contributed by atoms with Crippen LogP contribution in [0.4, 0.5) is 5.82 Å². The summed E-state index contributed by atoms with van der Waals surface area (Å²) in [6.07, 6.45) is 2.11. The molecule has 34 heavy (non-hydrogen) atoms. The number of aromatic nitrogens is 3. The summed E-state index contributed by atoms with van der Waals surface area (Å²) in [7, 11) is 1.58. The first-order valence-electron chi connectivity index (χ1n) is 11.4. The summed E-state index contributed by atoms with van der Waals surface area (Å²) in [5.41, 5.74) is 3.02. The fourth-order valence-corrected chi connectivity index (χ4v) is 4.51. The number of nitrogens with zero attached hydrogens (tertiary/aromatic N) is 4. The van der Waals surface area contributed by atoms with Gasteiger partial charge in [0.2, 0.25) is 5.88 Å². The molecule has 1 fully saturated rings. The molecular weight excluding hydrogens is 436 g/mol. The Bertz CT molecular complexity index is 1190. The summed E-state index contributed by atoms with van der Waals surface area (Å²) in [6.45, 7) is 3.88. The van der Waals surface area contributed by atoms with Crippen molar-refractivity contribution >= 4 is 22.8 Å². The molecule has 1 unspecified atom stereocenters. The van der Waals surface area contributed by atoms with Gasteiger partial charge in [-0.2, -0.15) is 0 Å². The molecule has 0 saturated carbocycles. The van der Waals surface area contributed by atoms with Crippen molar-refractivity contribution in [3.63, 3.8) is 0 Å². The van der Waals surface area contributed by atoms with Crippen LogP contribution >= 0.6 is 0 Å². The molecule has 10 heteroatoms. The Morgan fingerprint density at radius 1 is 1.29 bits per heavy atom. The molecule has 2 atom stereocenters. The molecule has 1 amide bonds. The maximum absolute atomic E-state index is 11.5. The number of aliphatic hydroxyl groups is 1. The fraction of sp³-hybridized carbons (Fsp3) is 0.417. The van der Waals surface area contributed by atoms with Crippen LogP contribution in [0.3, 0.4) is 0 Å². The number of ether oxygens (including phenoxy) is 2. The second kappa shape index (κ2) is 9.88. The third-order valence-corrected chi connectivity index (χ3v) is 6.23. The lowest BCUT2D eigenvalue weighted by atomic mass is 10.1. The third kappa shape index (κ3) is 4.93. The molecular formula is C24H28N6O4. The first-order chi connectivity index (χ1) is 16.6. The Morgan fingerprint density at radius 3 is 3.09 bits per heavy atom. The molecule has 5 rings (SSSR count). The van der Waals surface area contributed by atoms with E-state index >= 15 is 0 Å². The second-order valence-corrected chi connectivity index (χ2v) is 8.67. The monoisotopic (exact) mass is 464 g/mol. The predicted molar refractivity (Wildman–Crippen MR) is 126 cm³/mol. The van der Waals surface area contributed by atoms with Gasteiger partial charge in [0.05, 0.1) is 29.9 Å². The van der Waals surface area contributed by atoms with Crippen LogP contribution in [0.15, 0.2) is 36.5 Å². The number of amides is 1. The highest BCUT2D eigenvalue weighted by Gasteiger charge is 2.25. The maximum atomic E-state index is 11.5. The van der Waals surface area contributed by atoms with E-state index in [-0.39, 0.29) is 12.5 Å². The number of carbonyl (C=O) groups is 1. The van der Waals surface area contributed by atoms with Crippen molar-refractivity contribution in [1.29, 1.82) is 0 Å². The SMILES string of the molecule is COc1ccc2nccc([C@H](O)CN3CCC(CNCc4ccc5c(n4)NC(=O)CO5)C3)c2n1. The number of fused-ring (bicyclic) bond motifs is 2. The van der Waals surface area contributed by atoms with Gasteiger partial charge in [0, 0.05) is 37.5 Å². The van der Waals surface area contributed by atoms with Gasteiger partial charge in [0.15, 0.2) is 18.2 Å². The minimum atomic E-state index is -0.658. The van der Waals surface area contributed by atoms with E-state index in [1.165, 1.54) is 0 Å². The van der Waals surface area contributed by atoms with Crippen LogP contribution < -0.4 is 20.1 Å². The van der Waals surface area contributed by atoms with Crippen molar-refractivity contribution in [2.75, 3.05) is 45.2 Å². The van der Waals surface area contributed by atoms with E-state index in [0.717, 1.165) is 42.8 Å². The average molecular weight is 465 g/mol. The minimum absolute atomic E-state index is 0.0290. The van der Waals surface area contributed by atoms with E-state index in [9.17, 15) is 9.90 Å². The highest BCUT2D eigenvalue weighted by atomic mass is 16.5. The molecule has 0 aromatic carbocycles. The molecule has 3 aromatic heterocycles. The van der Waals surface area contributed by atoms with E-state index in [1.807, 2.05) is 24.3 Å². The molecule has 1 saturated heterocycles. The highest BCUT2D eigenvalue weighted by molar-refractivity contribution is 5.94. The van der Waals surface area contributed by atoms with Crippen LogP contribution in [0.25, 0.3) is 11.0 Å². The molecule has 5 heterocycles. The summed E-state index contributed by atoms with van der Waals surface area (Å²) in [5.74, 6) is 1.88. The van der Waals surface area contributed by atoms with Crippen molar-refractivity contribution in [3.8, 4) is 11.6 Å². The number of carbonyl (C=O) groups excluding carboxylic acids is 1. The summed E-state index contributed by atoms with van der Waals surface area (Å²) in [5, 5.41) is 17.2. The Kier molecular flexibility index (Phi) is 6.52. The van der Waals surface area contributed by atoms with Gasteiger partial charge in [-0.3, -0.25) is 9.78 Å². The molecule has 3 N–H and O–H groups in total. The first kappa shape index (κ1) is 22.5. The number of pyridine rings is 3. The van der Waals surface area contributed by atoms with Crippen molar-refractivity contribution in [2.45, 2.75) is 19.1 Å². The van der Waals surface area contributed by atoms with E-state index in [0.29, 0.717) is 42.0 Å². The van der Waals surface area contributed by atoms with Gasteiger partial charge in [-0.25, -0.2) is 9.97 Å². The van der Waals surface area contributed by atoms with Gasteiger partial charge >= 0.3 is 0 Å². The van der Waals surface area contributed by atoms with Gasteiger partial charge in [0.25, 0.3) is 5.91 Å². The maximum Gasteiger partial charge on any atom is 0.263 e. The number of hydrogen-bond donors (Lipinski definition) is 3. The number of rotatable bonds is 8. The zero-order chi connectivity index (χ0) is 23.5. The third-order valence-electron chi connectivity index (χ3n) is 6.23. The number of β-amino-alcohol motifs (C(OH)–C–C–N with tert-alkyl or cyclic N) is 1. The summed E-state index contributed by atoms with van der Waals surface area (Å²) in [6, 6.07) is 9.20. The number of hydrogen-bond acceptors (Lipinski definition) is 9. The number of anilines is 1. The van der Waals surface area contributed by atoms with Gasteiger partial charge in [-0.05, 0) is 49.7 Å². The molecule has 3 aromatic rings. The lowest BCUT2D eigenvalue weighted by Crippen LogP contribution is -2.29. The number of aliphatic hydroxyl groups excluding tert-OH is 1. The molecule has 0 aliphatic carbocycles. The van der Waals surface area contributed by atoms with Crippen LogP contribution in [0.2, 0.25) is 0 Å². The largest absolute Gasteiger partial charge is 0.481 e. The fourth-order valence-electron chi connectivity index (χ4n) is 4.51. The number of likely N-dealkylation sites (tertiary alicyclic amines) is 1. The standard InChI is InChI=1S/C24H28N6O4/c1-33-22-5-3-18-23(29-22)17(6-8-26-18)19(31)13-30-9-7-15(12-30)10-25-11-16-2-4-20-24(27-16)28-21(32)14-34-20/h2-6,8,15,19,25,31H,7,9-14H2,1H3,(H,27,28,32)/t15?,19-/m1/s1. The first-order valence-corrected chi connectivity index (χ1v) is 11.4.